The van der Waals surface area contributed by atoms with E-state index in [-0.39, 0.29) is 19.3 Å². The van der Waals surface area contributed by atoms with Crippen LogP contribution in [0.3, 0.4) is 0 Å². The lowest BCUT2D eigenvalue weighted by atomic mass is 10.1. The molecule has 0 aliphatic rings. The van der Waals surface area contributed by atoms with Gasteiger partial charge >= 0.3 is 33.6 Å². The van der Waals surface area contributed by atoms with Crippen LogP contribution in [-0.4, -0.2) is 95.9 Å². The fraction of sp³-hybridized carbons (Fsp3) is 0.746. The first kappa shape index (κ1) is 81.7. The van der Waals surface area contributed by atoms with Gasteiger partial charge in [0.1, 0.15) is 25.4 Å². The van der Waals surface area contributed by atoms with Crippen molar-refractivity contribution in [3.05, 3.63) is 85.1 Å². The van der Waals surface area contributed by atoms with Crippen molar-refractivity contribution in [1.29, 1.82) is 0 Å². The molecule has 4 N–H and O–H groups in total. The van der Waals surface area contributed by atoms with Gasteiger partial charge in [-0.3, -0.25) is 32.5 Å². The van der Waals surface area contributed by atoms with Gasteiger partial charge < -0.3 is 34.2 Å². The third-order valence-electron chi connectivity index (χ3n) is 13.6. The minimum atomic E-state index is -4.92. The number of aliphatic hydroxyl groups excluding tert-OH is 2. The van der Waals surface area contributed by atoms with Gasteiger partial charge in [0.2, 0.25) is 0 Å². The smallest absolute Gasteiger partial charge is 0.463 e. The molecule has 5 atom stereocenters. The second-order valence-electron chi connectivity index (χ2n) is 21.9. The summed E-state index contributed by atoms with van der Waals surface area (Å²) in [6.07, 6.45) is 63.5. The van der Waals surface area contributed by atoms with Crippen LogP contribution in [0.4, 0.5) is 0 Å². The van der Waals surface area contributed by atoms with Crippen molar-refractivity contribution in [2.24, 2.45) is 0 Å². The highest BCUT2D eigenvalue weighted by Crippen LogP contribution is 2.45. The van der Waals surface area contributed by atoms with Gasteiger partial charge in [-0.15, -0.1) is 0 Å². The van der Waals surface area contributed by atoms with E-state index in [0.29, 0.717) is 19.3 Å². The van der Waals surface area contributed by atoms with Crippen LogP contribution in [0, 0.1) is 0 Å². The summed E-state index contributed by atoms with van der Waals surface area (Å²) in [6, 6.07) is 0. The number of carbonyl (C=O) groups excluding carboxylic acids is 3. The van der Waals surface area contributed by atoms with E-state index < -0.39 is 91.5 Å². The fourth-order valence-corrected chi connectivity index (χ4v) is 10.1. The van der Waals surface area contributed by atoms with Crippen LogP contribution >= 0.6 is 15.6 Å². The van der Waals surface area contributed by atoms with E-state index in [1.165, 1.54) is 64.2 Å². The summed E-state index contributed by atoms with van der Waals surface area (Å²) in [5, 5.41) is 20.5. The lowest BCUT2D eigenvalue weighted by Gasteiger charge is -2.21. The standard InChI is InChI=1S/C67H118O16P2/c1-4-7-10-13-16-19-22-25-27-28-29-30-31-32-34-37-38-41-44-47-50-53-65(70)77-56-62(68)57-79-84(73,74)80-58-63(69)59-81-85(75,76)82-61-64(83-67(72)55-52-49-46-43-40-35-24-21-18-15-12-9-6-3)60-78-66(71)54-51-48-45-42-39-36-33-26-23-20-17-14-11-8-5-2/h7,10,16,19,21,24-27,29-30,32-34,62-64,68-69H,4-6,8-9,11-15,17-18,20,22-23,28,31,35-61H2,1-3H3,(H,73,74)(H,75,76)/b10-7-,19-16-,24-21-,27-25-,30-29-,33-26-,34-32-. The minimum absolute atomic E-state index is 0.0936. The largest absolute Gasteiger partial charge is 0.472 e. The zero-order valence-corrected chi connectivity index (χ0v) is 54.8. The highest BCUT2D eigenvalue weighted by Gasteiger charge is 2.29. The third-order valence-corrected chi connectivity index (χ3v) is 15.5. The van der Waals surface area contributed by atoms with E-state index in [0.717, 1.165) is 141 Å². The number of carbonyl (C=O) groups is 3. The molecule has 0 aliphatic heterocycles. The van der Waals surface area contributed by atoms with Gasteiger partial charge in [-0.1, -0.05) is 215 Å². The molecule has 0 rings (SSSR count). The van der Waals surface area contributed by atoms with Crippen LogP contribution in [0.25, 0.3) is 0 Å². The highest BCUT2D eigenvalue weighted by molar-refractivity contribution is 7.47. The number of unbranched alkanes of at least 4 members (excludes halogenated alkanes) is 25. The van der Waals surface area contributed by atoms with Crippen LogP contribution in [0.2, 0.25) is 0 Å². The van der Waals surface area contributed by atoms with Crippen LogP contribution in [-0.2, 0) is 55.8 Å². The summed E-state index contributed by atoms with van der Waals surface area (Å²) < 4.78 is 60.7. The molecule has 16 nitrogen and oxygen atoms in total. The quantitative estimate of drug-likeness (QED) is 0.0146. The van der Waals surface area contributed by atoms with E-state index in [9.17, 15) is 43.5 Å². The molecular formula is C67H118O16P2. The number of hydrogen-bond acceptors (Lipinski definition) is 14. The molecule has 0 aromatic carbocycles. The Balaban J connectivity index is 4.63. The summed E-state index contributed by atoms with van der Waals surface area (Å²) in [4.78, 5) is 58.2. The van der Waals surface area contributed by atoms with Gasteiger partial charge in [-0.2, -0.15) is 0 Å². The van der Waals surface area contributed by atoms with E-state index in [2.05, 4.69) is 106 Å². The Morgan fingerprint density at radius 3 is 1.01 bits per heavy atom. The van der Waals surface area contributed by atoms with Crippen molar-refractivity contribution >= 4 is 33.6 Å². The van der Waals surface area contributed by atoms with Crippen molar-refractivity contribution in [1.82, 2.24) is 0 Å². The zero-order chi connectivity index (χ0) is 62.4. The molecule has 0 amide bonds. The summed E-state index contributed by atoms with van der Waals surface area (Å²) in [7, 11) is -9.77. The van der Waals surface area contributed by atoms with Crippen LogP contribution in [0.15, 0.2) is 85.1 Å². The summed E-state index contributed by atoms with van der Waals surface area (Å²) in [6.45, 7) is 2.49. The molecule has 5 unspecified atom stereocenters. The predicted molar refractivity (Wildman–Crippen MR) is 344 cm³/mol. The summed E-state index contributed by atoms with van der Waals surface area (Å²) in [5.74, 6) is -1.61. The second-order valence-corrected chi connectivity index (χ2v) is 24.8. The first-order valence-electron chi connectivity index (χ1n) is 32.9. The number of phosphoric acid groups is 2. The van der Waals surface area contributed by atoms with Crippen LogP contribution < -0.4 is 0 Å². The zero-order valence-electron chi connectivity index (χ0n) is 53.0. The summed E-state index contributed by atoms with van der Waals surface area (Å²) in [5.41, 5.74) is 0. The van der Waals surface area contributed by atoms with Gasteiger partial charge in [-0.05, 0) is 116 Å². The van der Waals surface area contributed by atoms with E-state index in [1.807, 2.05) is 0 Å². The molecule has 85 heavy (non-hydrogen) atoms. The molecule has 0 saturated carbocycles. The maximum Gasteiger partial charge on any atom is 0.472 e. The Morgan fingerprint density at radius 2 is 0.624 bits per heavy atom. The first-order chi connectivity index (χ1) is 41.2. The number of allylic oxidation sites excluding steroid dienone is 14. The fourth-order valence-electron chi connectivity index (χ4n) is 8.53. The molecule has 0 fully saturated rings. The molecule has 0 aromatic heterocycles. The number of esters is 3. The third kappa shape index (κ3) is 62.1. The Kier molecular flexibility index (Phi) is 58.6. The predicted octanol–water partition coefficient (Wildman–Crippen LogP) is 17.8. The van der Waals surface area contributed by atoms with Gasteiger partial charge in [0, 0.05) is 19.3 Å². The highest BCUT2D eigenvalue weighted by atomic mass is 31.2. The number of hydrogen-bond donors (Lipinski definition) is 4. The minimum Gasteiger partial charge on any atom is -0.463 e. The van der Waals surface area contributed by atoms with Gasteiger partial charge in [-0.25, -0.2) is 9.13 Å². The SMILES string of the molecule is CC/C=C\C/C=C\C/C=C\C/C=C\C/C=C\CCCCCCCC(=O)OCC(O)COP(=O)(O)OCC(O)COP(=O)(O)OCC(COC(=O)CCCCCCC/C=C\CCCCCCCC)OC(=O)CCCCCCC/C=C\CCCCCC. The topological polar surface area (TPSA) is 231 Å². The normalized spacial score (nSPS) is 14.9. The first-order valence-corrected chi connectivity index (χ1v) is 35.9. The Labute approximate surface area is 515 Å². The van der Waals surface area contributed by atoms with Crippen molar-refractivity contribution in [3.8, 4) is 0 Å². The van der Waals surface area contributed by atoms with Crippen molar-refractivity contribution < 1.29 is 75.8 Å². The molecule has 0 aliphatic carbocycles. The van der Waals surface area contributed by atoms with E-state index in [4.69, 9.17) is 32.3 Å². The van der Waals surface area contributed by atoms with Crippen molar-refractivity contribution in [2.75, 3.05) is 39.6 Å². The lowest BCUT2D eigenvalue weighted by molar-refractivity contribution is -0.161. The second kappa shape index (κ2) is 61.0. The molecular weight excluding hydrogens is 1120 g/mol. The number of rotatable bonds is 62. The van der Waals surface area contributed by atoms with Crippen molar-refractivity contribution in [3.63, 3.8) is 0 Å². The molecule has 0 heterocycles. The molecule has 0 bridgehead atoms. The van der Waals surface area contributed by atoms with Crippen LogP contribution in [0.1, 0.15) is 265 Å². The Morgan fingerprint density at radius 1 is 0.341 bits per heavy atom. The Bertz CT molecular complexity index is 1900. The molecule has 0 saturated heterocycles. The molecule has 0 spiro atoms. The lowest BCUT2D eigenvalue weighted by Crippen LogP contribution is -2.30. The number of phosphoric ester groups is 2. The summed E-state index contributed by atoms with van der Waals surface area (Å²) >= 11 is 0. The average Bonchev–Trinajstić information content (AvgIpc) is 3.51. The molecule has 0 radical (unpaired) electrons. The monoisotopic (exact) mass is 1240 g/mol. The van der Waals surface area contributed by atoms with Gasteiger partial charge in [0.05, 0.1) is 26.4 Å². The van der Waals surface area contributed by atoms with Crippen molar-refractivity contribution in [2.45, 2.75) is 283 Å². The number of aliphatic hydroxyl groups is 2. The molecule has 492 valence electrons. The number of ether oxygens (including phenoxy) is 3. The van der Waals surface area contributed by atoms with Gasteiger partial charge in [0.25, 0.3) is 0 Å². The molecule has 18 heteroatoms. The van der Waals surface area contributed by atoms with Gasteiger partial charge in [0.15, 0.2) is 6.10 Å². The Hall–Kier alpha value is -3.27. The van der Waals surface area contributed by atoms with Crippen LogP contribution in [0.5, 0.6) is 0 Å². The maximum absolute atomic E-state index is 12.9. The average molecular weight is 1240 g/mol. The van der Waals surface area contributed by atoms with E-state index >= 15 is 0 Å². The van der Waals surface area contributed by atoms with E-state index in [1.54, 1.807) is 0 Å². The maximum atomic E-state index is 12.9. The molecule has 0 aromatic rings.